The smallest absolute Gasteiger partial charge is 0.246 e. The molecule has 0 spiro atoms. The van der Waals surface area contributed by atoms with Crippen molar-refractivity contribution in [1.82, 2.24) is 10.2 Å². The molecule has 0 aliphatic carbocycles. The second kappa shape index (κ2) is 5.20. The van der Waals surface area contributed by atoms with E-state index in [-0.39, 0.29) is 30.3 Å². The Hall–Kier alpha value is -1.20. The van der Waals surface area contributed by atoms with Gasteiger partial charge in [-0.25, -0.2) is 0 Å². The van der Waals surface area contributed by atoms with Gasteiger partial charge in [-0.2, -0.15) is 0 Å². The first-order valence-electron chi connectivity index (χ1n) is 6.18. The zero-order chi connectivity index (χ0) is 13.3. The molecule has 1 saturated heterocycles. The molecule has 2 atom stereocenters. The summed E-state index contributed by atoms with van der Waals surface area (Å²) in [7, 11) is 1.54. The van der Waals surface area contributed by atoms with Crippen LogP contribution in [-0.2, 0) is 16.0 Å². The molecule has 2 rings (SSSR count). The van der Waals surface area contributed by atoms with Crippen molar-refractivity contribution >= 4 is 23.2 Å². The Morgan fingerprint density at radius 3 is 2.72 bits per heavy atom. The van der Waals surface area contributed by atoms with Gasteiger partial charge in [-0.3, -0.25) is 19.8 Å². The lowest BCUT2D eigenvalue weighted by Crippen LogP contribution is -2.38. The molecule has 4 nitrogen and oxygen atoms in total. The van der Waals surface area contributed by atoms with Crippen molar-refractivity contribution in [3.63, 3.8) is 0 Å². The molecule has 1 aliphatic rings. The Morgan fingerprint density at radius 2 is 2.22 bits per heavy atom. The number of likely N-dealkylation sites (N-methyl/N-ethyl adjacent to an activating group) is 1. The summed E-state index contributed by atoms with van der Waals surface area (Å²) in [5.41, 5.74) is 0. The molecule has 1 N–H and O–H groups in total. The average molecular weight is 266 g/mol. The van der Waals surface area contributed by atoms with Gasteiger partial charge >= 0.3 is 0 Å². The third kappa shape index (κ3) is 2.47. The Bertz CT molecular complexity index is 469. The summed E-state index contributed by atoms with van der Waals surface area (Å²) < 4.78 is 0. The van der Waals surface area contributed by atoms with Crippen molar-refractivity contribution in [1.29, 1.82) is 0 Å². The van der Waals surface area contributed by atoms with E-state index in [1.54, 1.807) is 11.3 Å². The molecule has 1 aromatic rings. The Kier molecular flexibility index (Phi) is 3.82. The summed E-state index contributed by atoms with van der Waals surface area (Å²) in [4.78, 5) is 27.0. The molecule has 1 fully saturated rings. The number of imide groups is 1. The van der Waals surface area contributed by atoms with Crippen molar-refractivity contribution in [2.75, 3.05) is 7.05 Å². The minimum absolute atomic E-state index is 0.101. The van der Waals surface area contributed by atoms with Gasteiger partial charge in [-0.1, -0.05) is 6.92 Å². The number of likely N-dealkylation sites (tertiary alicyclic amines) is 1. The predicted octanol–water partition coefficient (Wildman–Crippen LogP) is 1.72. The lowest BCUT2D eigenvalue weighted by molar-refractivity contribution is -0.137. The van der Waals surface area contributed by atoms with E-state index < -0.39 is 0 Å². The molecule has 2 amide bonds. The third-order valence-corrected chi connectivity index (χ3v) is 4.70. The van der Waals surface area contributed by atoms with E-state index >= 15 is 0 Å². The van der Waals surface area contributed by atoms with Crippen LogP contribution in [-0.4, -0.2) is 29.8 Å². The van der Waals surface area contributed by atoms with Gasteiger partial charge in [-0.15, -0.1) is 11.3 Å². The molecule has 2 heterocycles. The van der Waals surface area contributed by atoms with Crippen LogP contribution in [0.25, 0.3) is 0 Å². The molecular formula is C13H18N2O2S. The van der Waals surface area contributed by atoms with Crippen LogP contribution in [0.5, 0.6) is 0 Å². The van der Waals surface area contributed by atoms with Crippen LogP contribution in [0, 0.1) is 0 Å². The summed E-state index contributed by atoms with van der Waals surface area (Å²) in [5.74, 6) is -0.232. The summed E-state index contributed by atoms with van der Waals surface area (Å²) >= 11 is 1.75. The van der Waals surface area contributed by atoms with Gasteiger partial charge in [0.15, 0.2) is 0 Å². The number of carbonyl (C=O) groups is 2. The topological polar surface area (TPSA) is 49.4 Å². The lowest BCUT2D eigenvalue weighted by Gasteiger charge is -2.16. The molecule has 0 aromatic carbocycles. The summed E-state index contributed by atoms with van der Waals surface area (Å²) in [6, 6.07) is 3.94. The second-order valence-electron chi connectivity index (χ2n) is 4.59. The molecule has 98 valence electrons. The molecule has 5 heteroatoms. The van der Waals surface area contributed by atoms with Crippen LogP contribution in [0.3, 0.4) is 0 Å². The normalized spacial score (nSPS) is 21.7. The first-order valence-corrected chi connectivity index (χ1v) is 6.99. The van der Waals surface area contributed by atoms with Crippen molar-refractivity contribution in [2.24, 2.45) is 0 Å². The van der Waals surface area contributed by atoms with E-state index in [0.717, 1.165) is 6.42 Å². The summed E-state index contributed by atoms with van der Waals surface area (Å²) in [5, 5.41) is 3.24. The van der Waals surface area contributed by atoms with Crippen molar-refractivity contribution in [3.05, 3.63) is 21.9 Å². The van der Waals surface area contributed by atoms with Gasteiger partial charge in [0.2, 0.25) is 11.8 Å². The Balaban J connectivity index is 2.01. The summed E-state index contributed by atoms with van der Waals surface area (Å²) in [6.07, 6.45) is 1.30. The van der Waals surface area contributed by atoms with Crippen LogP contribution in [0.2, 0.25) is 0 Å². The fourth-order valence-corrected chi connectivity index (χ4v) is 3.05. The highest BCUT2D eigenvalue weighted by Gasteiger charge is 2.36. The molecule has 1 aromatic heterocycles. The Morgan fingerprint density at radius 1 is 1.50 bits per heavy atom. The highest BCUT2D eigenvalue weighted by Crippen LogP contribution is 2.25. The van der Waals surface area contributed by atoms with Gasteiger partial charge < -0.3 is 0 Å². The Labute approximate surface area is 111 Å². The van der Waals surface area contributed by atoms with Crippen LogP contribution < -0.4 is 5.32 Å². The molecular weight excluding hydrogens is 248 g/mol. The molecule has 1 aliphatic heterocycles. The van der Waals surface area contributed by atoms with E-state index in [2.05, 4.69) is 24.4 Å². The number of thiophene rings is 1. The van der Waals surface area contributed by atoms with E-state index in [4.69, 9.17) is 0 Å². The molecule has 0 saturated carbocycles. The minimum Gasteiger partial charge on any atom is -0.298 e. The zero-order valence-corrected chi connectivity index (χ0v) is 11.7. The standard InChI is InChI=1S/C13H18N2O2S/c1-4-9-5-6-11(18-9)8(2)14-10-7-12(16)15(3)13(10)17/h5-6,8,10,14H,4,7H2,1-3H3. The minimum atomic E-state index is -0.371. The maximum Gasteiger partial charge on any atom is 0.246 e. The molecule has 0 radical (unpaired) electrons. The quantitative estimate of drug-likeness (QED) is 0.844. The van der Waals surface area contributed by atoms with Crippen LogP contribution in [0.1, 0.15) is 36.1 Å². The van der Waals surface area contributed by atoms with Gasteiger partial charge in [0.25, 0.3) is 0 Å². The van der Waals surface area contributed by atoms with Crippen molar-refractivity contribution in [3.8, 4) is 0 Å². The largest absolute Gasteiger partial charge is 0.298 e. The van der Waals surface area contributed by atoms with E-state index in [0.29, 0.717) is 0 Å². The highest BCUT2D eigenvalue weighted by molar-refractivity contribution is 7.12. The molecule has 18 heavy (non-hydrogen) atoms. The number of rotatable bonds is 4. The van der Waals surface area contributed by atoms with E-state index in [1.807, 2.05) is 6.92 Å². The number of hydrogen-bond acceptors (Lipinski definition) is 4. The third-order valence-electron chi connectivity index (χ3n) is 3.29. The van der Waals surface area contributed by atoms with Crippen LogP contribution in [0.15, 0.2) is 12.1 Å². The van der Waals surface area contributed by atoms with Gasteiger partial charge in [0, 0.05) is 22.8 Å². The van der Waals surface area contributed by atoms with Gasteiger partial charge in [0.1, 0.15) is 0 Å². The SMILES string of the molecule is CCc1ccc(C(C)NC2CC(=O)N(C)C2=O)s1. The highest BCUT2D eigenvalue weighted by atomic mass is 32.1. The van der Waals surface area contributed by atoms with E-state index in [9.17, 15) is 9.59 Å². The summed E-state index contributed by atoms with van der Waals surface area (Å²) in [6.45, 7) is 4.16. The second-order valence-corrected chi connectivity index (χ2v) is 5.79. The molecule has 0 bridgehead atoms. The average Bonchev–Trinajstić information content (AvgIpc) is 2.92. The van der Waals surface area contributed by atoms with Crippen molar-refractivity contribution in [2.45, 2.75) is 38.8 Å². The predicted molar refractivity (Wildman–Crippen MR) is 71.4 cm³/mol. The molecule has 2 unspecified atom stereocenters. The number of amides is 2. The van der Waals surface area contributed by atoms with Crippen LogP contribution >= 0.6 is 11.3 Å². The number of nitrogens with one attached hydrogen (secondary N) is 1. The number of aryl methyl sites for hydroxylation is 1. The maximum absolute atomic E-state index is 11.8. The fourth-order valence-electron chi connectivity index (χ4n) is 2.09. The van der Waals surface area contributed by atoms with Gasteiger partial charge in [-0.05, 0) is 25.5 Å². The number of carbonyl (C=O) groups excluding carboxylic acids is 2. The number of nitrogens with zero attached hydrogens (tertiary/aromatic N) is 1. The first kappa shape index (κ1) is 13.2. The lowest BCUT2D eigenvalue weighted by atomic mass is 10.2. The fraction of sp³-hybridized carbons (Fsp3) is 0.538. The van der Waals surface area contributed by atoms with Crippen molar-refractivity contribution < 1.29 is 9.59 Å². The number of hydrogen-bond donors (Lipinski definition) is 1. The first-order chi connectivity index (χ1) is 8.52. The monoisotopic (exact) mass is 266 g/mol. The van der Waals surface area contributed by atoms with Crippen LogP contribution in [0.4, 0.5) is 0 Å². The maximum atomic E-state index is 11.8. The zero-order valence-electron chi connectivity index (χ0n) is 10.9. The van der Waals surface area contributed by atoms with E-state index in [1.165, 1.54) is 21.7 Å². The van der Waals surface area contributed by atoms with Gasteiger partial charge in [0.05, 0.1) is 12.5 Å².